The number of hydrogen-bond donors (Lipinski definition) is 2. The molecule has 0 aliphatic heterocycles. The Morgan fingerprint density at radius 3 is 2.45 bits per heavy atom. The molecule has 6 nitrogen and oxygen atoms in total. The number of benzene rings is 1. The first-order chi connectivity index (χ1) is 10.5. The summed E-state index contributed by atoms with van der Waals surface area (Å²) in [7, 11) is 0. The average molecular weight is 301 g/mol. The summed E-state index contributed by atoms with van der Waals surface area (Å²) >= 11 is 0. The molecular weight excluding hydrogens is 282 g/mol. The van der Waals surface area contributed by atoms with Crippen LogP contribution in [0.3, 0.4) is 0 Å². The zero-order valence-electron chi connectivity index (χ0n) is 12.8. The van der Waals surface area contributed by atoms with Crippen molar-refractivity contribution in [1.29, 1.82) is 0 Å². The van der Waals surface area contributed by atoms with E-state index in [9.17, 15) is 9.59 Å². The largest absolute Gasteiger partial charge is 0.360 e. The lowest BCUT2D eigenvalue weighted by molar-refractivity contribution is 0.0949. The summed E-state index contributed by atoms with van der Waals surface area (Å²) in [5.41, 5.74) is 0.836. The molecule has 22 heavy (non-hydrogen) atoms. The number of nitrogens with one attached hydrogen (secondary N) is 2. The predicted octanol–water partition coefficient (Wildman–Crippen LogP) is 2.62. The maximum Gasteiger partial charge on any atom is 0.256 e. The molecule has 0 radical (unpaired) electrons. The molecule has 0 spiro atoms. The Bertz CT molecular complexity index is 677. The van der Waals surface area contributed by atoms with E-state index in [2.05, 4.69) is 15.8 Å². The Labute approximate surface area is 128 Å². The van der Waals surface area contributed by atoms with Crippen molar-refractivity contribution in [2.75, 3.05) is 11.9 Å². The number of aryl methyl sites for hydroxylation is 1. The molecular formula is C16H19N3O3. The molecule has 0 saturated heterocycles. The van der Waals surface area contributed by atoms with Gasteiger partial charge < -0.3 is 15.2 Å². The molecule has 116 valence electrons. The van der Waals surface area contributed by atoms with Crippen LogP contribution in [0.1, 0.15) is 40.3 Å². The standard InChI is InChI=1S/C16H19N3O3/c1-10(2)9-17-15(20)12-5-4-6-13(8-12)16(21)18-14-7-11(3)22-19-14/h4-8,10H,9H2,1-3H3,(H,17,20)(H,18,19,21). The number of carbonyl (C=O) groups excluding carboxylic acids is 2. The van der Waals surface area contributed by atoms with Crippen molar-refractivity contribution in [2.45, 2.75) is 20.8 Å². The number of nitrogens with zero attached hydrogens (tertiary/aromatic N) is 1. The van der Waals surface area contributed by atoms with Crippen molar-refractivity contribution in [3.8, 4) is 0 Å². The van der Waals surface area contributed by atoms with E-state index in [4.69, 9.17) is 4.52 Å². The molecule has 0 atom stereocenters. The van der Waals surface area contributed by atoms with Gasteiger partial charge in [-0.25, -0.2) is 0 Å². The second kappa shape index (κ2) is 6.89. The molecule has 2 N–H and O–H groups in total. The van der Waals surface area contributed by atoms with Gasteiger partial charge in [-0.2, -0.15) is 0 Å². The van der Waals surface area contributed by atoms with Gasteiger partial charge in [-0.05, 0) is 31.0 Å². The Hall–Kier alpha value is -2.63. The number of aromatic nitrogens is 1. The van der Waals surface area contributed by atoms with Crippen LogP contribution in [0, 0.1) is 12.8 Å². The third-order valence-corrected chi connectivity index (χ3v) is 2.93. The van der Waals surface area contributed by atoms with E-state index >= 15 is 0 Å². The lowest BCUT2D eigenvalue weighted by Crippen LogP contribution is -2.27. The molecule has 1 heterocycles. The van der Waals surface area contributed by atoms with Crippen molar-refractivity contribution >= 4 is 17.6 Å². The lowest BCUT2D eigenvalue weighted by Gasteiger charge is -2.08. The smallest absolute Gasteiger partial charge is 0.256 e. The minimum atomic E-state index is -0.341. The molecule has 0 fully saturated rings. The first kappa shape index (κ1) is 15.8. The lowest BCUT2D eigenvalue weighted by atomic mass is 10.1. The third-order valence-electron chi connectivity index (χ3n) is 2.93. The van der Waals surface area contributed by atoms with Gasteiger partial charge in [-0.15, -0.1) is 0 Å². The van der Waals surface area contributed by atoms with Gasteiger partial charge in [0, 0.05) is 23.7 Å². The van der Waals surface area contributed by atoms with Gasteiger partial charge in [-0.3, -0.25) is 9.59 Å². The second-order valence-electron chi connectivity index (χ2n) is 5.46. The highest BCUT2D eigenvalue weighted by molar-refractivity contribution is 6.05. The monoisotopic (exact) mass is 301 g/mol. The van der Waals surface area contributed by atoms with E-state index in [0.29, 0.717) is 35.2 Å². The first-order valence-electron chi connectivity index (χ1n) is 7.08. The normalized spacial score (nSPS) is 10.5. The summed E-state index contributed by atoms with van der Waals surface area (Å²) in [6.45, 7) is 6.36. The Balaban J connectivity index is 2.07. The average Bonchev–Trinajstić information content (AvgIpc) is 2.90. The van der Waals surface area contributed by atoms with Gasteiger partial charge in [-0.1, -0.05) is 25.1 Å². The van der Waals surface area contributed by atoms with Gasteiger partial charge in [0.05, 0.1) is 0 Å². The van der Waals surface area contributed by atoms with E-state index < -0.39 is 0 Å². The molecule has 2 amide bonds. The number of amides is 2. The van der Waals surface area contributed by atoms with Crippen molar-refractivity contribution < 1.29 is 14.1 Å². The molecule has 0 unspecified atom stereocenters. The molecule has 1 aromatic carbocycles. The minimum Gasteiger partial charge on any atom is -0.360 e. The van der Waals surface area contributed by atoms with E-state index in [-0.39, 0.29) is 11.8 Å². The fourth-order valence-electron chi connectivity index (χ4n) is 1.81. The molecule has 0 aliphatic carbocycles. The number of carbonyl (C=O) groups is 2. The second-order valence-corrected chi connectivity index (χ2v) is 5.46. The maximum absolute atomic E-state index is 12.1. The Morgan fingerprint density at radius 2 is 1.86 bits per heavy atom. The van der Waals surface area contributed by atoms with Crippen molar-refractivity contribution in [1.82, 2.24) is 10.5 Å². The molecule has 6 heteroatoms. The van der Waals surface area contributed by atoms with Crippen molar-refractivity contribution in [3.05, 3.63) is 47.2 Å². The first-order valence-corrected chi connectivity index (χ1v) is 7.08. The topological polar surface area (TPSA) is 84.2 Å². The predicted molar refractivity (Wildman–Crippen MR) is 82.8 cm³/mol. The summed E-state index contributed by atoms with van der Waals surface area (Å²) < 4.78 is 4.89. The quantitative estimate of drug-likeness (QED) is 0.889. The van der Waals surface area contributed by atoms with Gasteiger partial charge in [0.1, 0.15) is 5.76 Å². The van der Waals surface area contributed by atoms with E-state index in [1.54, 1.807) is 37.3 Å². The maximum atomic E-state index is 12.1. The number of anilines is 1. The zero-order chi connectivity index (χ0) is 16.1. The summed E-state index contributed by atoms with van der Waals surface area (Å²) in [5.74, 6) is 0.785. The molecule has 1 aromatic heterocycles. The summed E-state index contributed by atoms with van der Waals surface area (Å²) in [6.07, 6.45) is 0. The van der Waals surface area contributed by atoms with Crippen LogP contribution in [-0.4, -0.2) is 23.5 Å². The van der Waals surface area contributed by atoms with Crippen LogP contribution in [0.25, 0.3) is 0 Å². The van der Waals surface area contributed by atoms with Crippen LogP contribution in [-0.2, 0) is 0 Å². The third kappa shape index (κ3) is 4.18. The molecule has 0 saturated carbocycles. The number of rotatable bonds is 5. The molecule has 2 rings (SSSR count). The molecule has 2 aromatic rings. The minimum absolute atomic E-state index is 0.194. The highest BCUT2D eigenvalue weighted by Gasteiger charge is 2.12. The van der Waals surface area contributed by atoms with Crippen LogP contribution < -0.4 is 10.6 Å². The van der Waals surface area contributed by atoms with Crippen LogP contribution in [0.4, 0.5) is 5.82 Å². The number of hydrogen-bond acceptors (Lipinski definition) is 4. The SMILES string of the molecule is Cc1cc(NC(=O)c2cccc(C(=O)NCC(C)C)c2)no1. The fraction of sp³-hybridized carbons (Fsp3) is 0.312. The van der Waals surface area contributed by atoms with Gasteiger partial charge in [0.2, 0.25) is 0 Å². The van der Waals surface area contributed by atoms with E-state index in [1.807, 2.05) is 13.8 Å². The van der Waals surface area contributed by atoms with Gasteiger partial charge in [0.15, 0.2) is 5.82 Å². The van der Waals surface area contributed by atoms with Crippen LogP contribution in [0.15, 0.2) is 34.9 Å². The summed E-state index contributed by atoms with van der Waals surface area (Å²) in [5, 5.41) is 9.14. The fourth-order valence-corrected chi connectivity index (χ4v) is 1.81. The van der Waals surface area contributed by atoms with E-state index in [1.165, 1.54) is 0 Å². The van der Waals surface area contributed by atoms with Crippen LogP contribution in [0.5, 0.6) is 0 Å². The summed E-state index contributed by atoms with van der Waals surface area (Å²) in [6, 6.07) is 8.16. The highest BCUT2D eigenvalue weighted by Crippen LogP contribution is 2.11. The van der Waals surface area contributed by atoms with Gasteiger partial charge >= 0.3 is 0 Å². The Kier molecular flexibility index (Phi) is 4.93. The highest BCUT2D eigenvalue weighted by atomic mass is 16.5. The van der Waals surface area contributed by atoms with Crippen molar-refractivity contribution in [2.24, 2.45) is 5.92 Å². The van der Waals surface area contributed by atoms with Crippen LogP contribution in [0.2, 0.25) is 0 Å². The summed E-state index contributed by atoms with van der Waals surface area (Å²) in [4.78, 5) is 24.2. The van der Waals surface area contributed by atoms with E-state index in [0.717, 1.165) is 0 Å². The van der Waals surface area contributed by atoms with Gasteiger partial charge in [0.25, 0.3) is 11.8 Å². The van der Waals surface area contributed by atoms with Crippen molar-refractivity contribution in [3.63, 3.8) is 0 Å². The Morgan fingerprint density at radius 1 is 1.18 bits per heavy atom. The zero-order valence-corrected chi connectivity index (χ0v) is 12.8. The molecule has 0 bridgehead atoms. The molecule has 0 aliphatic rings. The van der Waals surface area contributed by atoms with Crippen LogP contribution >= 0.6 is 0 Å².